The summed E-state index contributed by atoms with van der Waals surface area (Å²) in [5.74, 6) is -1.08. The van der Waals surface area contributed by atoms with E-state index < -0.39 is 11.7 Å². The van der Waals surface area contributed by atoms with Gasteiger partial charge in [-0.2, -0.15) is 0 Å². The molecule has 0 saturated carbocycles. The number of hydrogen-bond acceptors (Lipinski definition) is 2. The lowest BCUT2D eigenvalue weighted by atomic mass is 10.1. The Hall–Kier alpha value is -1.29. The molecule has 0 fully saturated rings. The van der Waals surface area contributed by atoms with Gasteiger partial charge in [-0.05, 0) is 18.6 Å². The highest BCUT2D eigenvalue weighted by Gasteiger charge is 2.15. The fraction of sp³-hybridized carbons (Fsp3) is 0.588. The zero-order valence-corrected chi connectivity index (χ0v) is 13.9. The summed E-state index contributed by atoms with van der Waals surface area (Å²) < 4.78 is 19.6. The van der Waals surface area contributed by atoms with Crippen LogP contribution in [0.15, 0.2) is 12.1 Å². The van der Waals surface area contributed by atoms with Crippen LogP contribution in [0.3, 0.4) is 0 Å². The van der Waals surface area contributed by atoms with Crippen LogP contribution in [0.5, 0.6) is 5.75 Å². The minimum Gasteiger partial charge on any atom is -0.491 e. The Morgan fingerprint density at radius 3 is 2.45 bits per heavy atom. The van der Waals surface area contributed by atoms with E-state index in [2.05, 4.69) is 6.92 Å². The van der Waals surface area contributed by atoms with Crippen molar-refractivity contribution in [3.63, 3.8) is 0 Å². The molecule has 124 valence electrons. The first kappa shape index (κ1) is 18.8. The molecule has 22 heavy (non-hydrogen) atoms. The summed E-state index contributed by atoms with van der Waals surface area (Å²) in [5, 5.41) is 0.194. The van der Waals surface area contributed by atoms with Crippen molar-refractivity contribution in [2.75, 3.05) is 6.61 Å². The molecule has 0 radical (unpaired) electrons. The normalized spacial score (nSPS) is 10.7. The third-order valence-corrected chi connectivity index (χ3v) is 3.86. The van der Waals surface area contributed by atoms with Crippen LogP contribution in [0.1, 0.15) is 57.4 Å². The molecular formula is C17H25ClFNO2. The Bertz CT molecular complexity index is 480. The second-order valence-corrected chi connectivity index (χ2v) is 5.86. The van der Waals surface area contributed by atoms with Gasteiger partial charge in [0.2, 0.25) is 5.91 Å². The van der Waals surface area contributed by atoms with Crippen molar-refractivity contribution in [2.45, 2.75) is 58.3 Å². The average molecular weight is 330 g/mol. The monoisotopic (exact) mass is 329 g/mol. The van der Waals surface area contributed by atoms with Crippen LogP contribution in [-0.2, 0) is 11.2 Å². The van der Waals surface area contributed by atoms with Gasteiger partial charge >= 0.3 is 0 Å². The van der Waals surface area contributed by atoms with Gasteiger partial charge in [-0.1, -0.05) is 57.0 Å². The van der Waals surface area contributed by atoms with E-state index in [-0.39, 0.29) is 22.8 Å². The molecule has 0 unspecified atom stereocenters. The van der Waals surface area contributed by atoms with Crippen LogP contribution in [0, 0.1) is 5.82 Å². The lowest BCUT2D eigenvalue weighted by molar-refractivity contribution is -0.117. The summed E-state index contributed by atoms with van der Waals surface area (Å²) in [7, 11) is 0. The van der Waals surface area contributed by atoms with Gasteiger partial charge in [-0.25, -0.2) is 4.39 Å². The third kappa shape index (κ3) is 6.65. The highest BCUT2D eigenvalue weighted by atomic mass is 35.5. The van der Waals surface area contributed by atoms with Gasteiger partial charge < -0.3 is 10.5 Å². The maximum atomic E-state index is 14.2. The fourth-order valence-corrected chi connectivity index (χ4v) is 2.48. The van der Waals surface area contributed by atoms with Gasteiger partial charge in [0.1, 0.15) is 0 Å². The lowest BCUT2D eigenvalue weighted by Gasteiger charge is -2.11. The van der Waals surface area contributed by atoms with Crippen LogP contribution in [0.2, 0.25) is 5.02 Å². The molecule has 0 aliphatic rings. The van der Waals surface area contributed by atoms with Crippen molar-refractivity contribution < 1.29 is 13.9 Å². The summed E-state index contributed by atoms with van der Waals surface area (Å²) in [6.45, 7) is 2.66. The Kier molecular flexibility index (Phi) is 8.90. The molecule has 1 aromatic rings. The minimum absolute atomic E-state index is 0.103. The van der Waals surface area contributed by atoms with Crippen molar-refractivity contribution in [3.05, 3.63) is 28.5 Å². The number of nitrogens with two attached hydrogens (primary N) is 1. The number of ether oxygens (including phenoxy) is 1. The fourth-order valence-electron chi connectivity index (χ4n) is 2.27. The lowest BCUT2D eigenvalue weighted by Crippen LogP contribution is -2.15. The number of carbonyl (C=O) groups is 1. The van der Waals surface area contributed by atoms with Crippen molar-refractivity contribution in [1.82, 2.24) is 0 Å². The van der Waals surface area contributed by atoms with Gasteiger partial charge in [-0.15, -0.1) is 0 Å². The van der Waals surface area contributed by atoms with E-state index in [0.717, 1.165) is 12.8 Å². The Labute approximate surface area is 137 Å². The van der Waals surface area contributed by atoms with Gasteiger partial charge in [0, 0.05) is 10.6 Å². The van der Waals surface area contributed by atoms with Gasteiger partial charge in [0.05, 0.1) is 13.0 Å². The predicted molar refractivity (Wildman–Crippen MR) is 87.8 cm³/mol. The number of rotatable bonds is 11. The number of hydrogen-bond donors (Lipinski definition) is 1. The topological polar surface area (TPSA) is 52.3 Å². The highest BCUT2D eigenvalue weighted by molar-refractivity contribution is 6.31. The molecule has 2 N–H and O–H groups in total. The van der Waals surface area contributed by atoms with E-state index >= 15 is 0 Å². The number of benzene rings is 1. The molecule has 0 aliphatic carbocycles. The quantitative estimate of drug-likeness (QED) is 0.601. The number of primary amides is 1. The molecule has 1 rings (SSSR count). The summed E-state index contributed by atoms with van der Waals surface area (Å²) in [6, 6.07) is 3.02. The largest absolute Gasteiger partial charge is 0.491 e. The molecular weight excluding hydrogens is 305 g/mol. The standard InChI is InChI=1S/C17H25ClFNO2/c1-2-3-4-5-6-7-8-11-22-15-10-9-14(18)13(17(15)19)12-16(20)21/h9-10H,2-8,11-12H2,1H3,(H2,20,21). The zero-order valence-electron chi connectivity index (χ0n) is 13.2. The van der Waals surface area contributed by atoms with Crippen LogP contribution < -0.4 is 10.5 Å². The zero-order chi connectivity index (χ0) is 16.4. The molecule has 0 spiro atoms. The molecule has 0 atom stereocenters. The van der Waals surface area contributed by atoms with E-state index in [9.17, 15) is 9.18 Å². The molecule has 1 aromatic carbocycles. The first-order chi connectivity index (χ1) is 10.6. The highest BCUT2D eigenvalue weighted by Crippen LogP contribution is 2.28. The molecule has 1 amide bonds. The number of halogens is 2. The first-order valence-electron chi connectivity index (χ1n) is 7.94. The van der Waals surface area contributed by atoms with Crippen molar-refractivity contribution >= 4 is 17.5 Å². The molecule has 0 heterocycles. The smallest absolute Gasteiger partial charge is 0.222 e. The second kappa shape index (κ2) is 10.4. The van der Waals surface area contributed by atoms with Crippen molar-refractivity contribution in [1.29, 1.82) is 0 Å². The van der Waals surface area contributed by atoms with Gasteiger partial charge in [0.25, 0.3) is 0 Å². The Morgan fingerprint density at radius 2 is 1.82 bits per heavy atom. The summed E-state index contributed by atoms with van der Waals surface area (Å²) in [4.78, 5) is 10.9. The van der Waals surface area contributed by atoms with Crippen LogP contribution in [-0.4, -0.2) is 12.5 Å². The van der Waals surface area contributed by atoms with E-state index in [4.69, 9.17) is 22.1 Å². The van der Waals surface area contributed by atoms with Crippen molar-refractivity contribution in [2.24, 2.45) is 5.73 Å². The van der Waals surface area contributed by atoms with Crippen LogP contribution in [0.4, 0.5) is 4.39 Å². The van der Waals surface area contributed by atoms with Crippen molar-refractivity contribution in [3.8, 4) is 5.75 Å². The first-order valence-corrected chi connectivity index (χ1v) is 8.32. The molecule has 3 nitrogen and oxygen atoms in total. The number of carbonyl (C=O) groups excluding carboxylic acids is 1. The molecule has 0 bridgehead atoms. The van der Waals surface area contributed by atoms with E-state index in [0.29, 0.717) is 6.61 Å². The molecule has 5 heteroatoms. The molecule has 0 aliphatic heterocycles. The SMILES string of the molecule is CCCCCCCCCOc1ccc(Cl)c(CC(N)=O)c1F. The third-order valence-electron chi connectivity index (χ3n) is 3.51. The minimum atomic E-state index is -0.620. The number of unbranched alkanes of at least 4 members (excludes halogenated alkanes) is 6. The maximum Gasteiger partial charge on any atom is 0.222 e. The van der Waals surface area contributed by atoms with E-state index in [1.807, 2.05) is 0 Å². The molecule has 0 aromatic heterocycles. The van der Waals surface area contributed by atoms with Crippen LogP contribution in [0.25, 0.3) is 0 Å². The van der Waals surface area contributed by atoms with Crippen LogP contribution >= 0.6 is 11.6 Å². The van der Waals surface area contributed by atoms with E-state index in [1.54, 1.807) is 0 Å². The predicted octanol–water partition coefficient (Wildman–Crippen LogP) is 4.64. The van der Waals surface area contributed by atoms with E-state index in [1.165, 1.54) is 44.2 Å². The van der Waals surface area contributed by atoms with Gasteiger partial charge in [-0.3, -0.25) is 4.79 Å². The van der Waals surface area contributed by atoms with Gasteiger partial charge in [0.15, 0.2) is 11.6 Å². The summed E-state index contributed by atoms with van der Waals surface area (Å²) in [5.41, 5.74) is 5.20. The second-order valence-electron chi connectivity index (χ2n) is 5.45. The summed E-state index contributed by atoms with van der Waals surface area (Å²) in [6.07, 6.45) is 7.97. The average Bonchev–Trinajstić information content (AvgIpc) is 2.48. The maximum absolute atomic E-state index is 14.2. The summed E-state index contributed by atoms with van der Waals surface area (Å²) >= 11 is 5.89. The Morgan fingerprint density at radius 1 is 1.18 bits per heavy atom. The Balaban J connectivity index is 2.38. The number of amides is 1. The molecule has 0 saturated heterocycles.